The Morgan fingerprint density at radius 2 is 1.94 bits per heavy atom. The van der Waals surface area contributed by atoms with Gasteiger partial charge < -0.3 is 10.2 Å². The molecule has 2 rings (SSSR count). The fraction of sp³-hybridized carbons (Fsp3) is 0.923. The van der Waals surface area contributed by atoms with Gasteiger partial charge in [-0.2, -0.15) is 0 Å². The predicted molar refractivity (Wildman–Crippen MR) is 65.3 cm³/mol. The molecule has 0 spiro atoms. The van der Waals surface area contributed by atoms with Crippen molar-refractivity contribution in [2.45, 2.75) is 64.0 Å². The SMILES string of the molecule is CCN(C(=O)C1CCCN1)C1CCCCC1. The van der Waals surface area contributed by atoms with Gasteiger partial charge in [-0.25, -0.2) is 0 Å². The standard InChI is InChI=1S/C13H24N2O/c1-2-15(11-7-4-3-5-8-11)13(16)12-9-6-10-14-12/h11-12,14H,2-10H2,1H3. The minimum absolute atomic E-state index is 0.113. The molecule has 1 aliphatic heterocycles. The molecule has 16 heavy (non-hydrogen) atoms. The van der Waals surface area contributed by atoms with Crippen LogP contribution in [0, 0.1) is 0 Å². The van der Waals surface area contributed by atoms with Crippen molar-refractivity contribution >= 4 is 5.91 Å². The average molecular weight is 224 g/mol. The number of hydrogen-bond donors (Lipinski definition) is 1. The molecule has 0 aromatic carbocycles. The summed E-state index contributed by atoms with van der Waals surface area (Å²) >= 11 is 0. The maximum atomic E-state index is 12.3. The van der Waals surface area contributed by atoms with Crippen molar-refractivity contribution in [3.8, 4) is 0 Å². The molecule has 1 aliphatic carbocycles. The van der Waals surface area contributed by atoms with Crippen molar-refractivity contribution in [2.75, 3.05) is 13.1 Å². The molecule has 1 N–H and O–H groups in total. The molecular weight excluding hydrogens is 200 g/mol. The second-order valence-corrected chi connectivity index (χ2v) is 5.07. The van der Waals surface area contributed by atoms with Gasteiger partial charge >= 0.3 is 0 Å². The smallest absolute Gasteiger partial charge is 0.239 e. The van der Waals surface area contributed by atoms with E-state index in [9.17, 15) is 4.79 Å². The van der Waals surface area contributed by atoms with Crippen molar-refractivity contribution < 1.29 is 4.79 Å². The molecule has 2 aliphatic rings. The Morgan fingerprint density at radius 3 is 2.50 bits per heavy atom. The zero-order valence-electron chi connectivity index (χ0n) is 10.4. The lowest BCUT2D eigenvalue weighted by Crippen LogP contribution is -2.48. The van der Waals surface area contributed by atoms with Gasteiger partial charge in [0.15, 0.2) is 0 Å². The average Bonchev–Trinajstić information content (AvgIpc) is 2.85. The number of likely N-dealkylation sites (N-methyl/N-ethyl adjacent to an activating group) is 1. The molecular formula is C13H24N2O. The fourth-order valence-corrected chi connectivity index (χ4v) is 3.08. The molecule has 2 fully saturated rings. The van der Waals surface area contributed by atoms with Gasteiger partial charge in [-0.05, 0) is 39.2 Å². The van der Waals surface area contributed by atoms with Crippen LogP contribution in [-0.2, 0) is 4.79 Å². The Kier molecular flexibility index (Phi) is 4.22. The zero-order valence-corrected chi connectivity index (χ0v) is 10.4. The van der Waals surface area contributed by atoms with Gasteiger partial charge in [0.25, 0.3) is 0 Å². The largest absolute Gasteiger partial charge is 0.339 e. The van der Waals surface area contributed by atoms with Crippen LogP contribution < -0.4 is 5.32 Å². The first kappa shape index (κ1) is 11.9. The van der Waals surface area contributed by atoms with E-state index in [0.29, 0.717) is 11.9 Å². The summed E-state index contributed by atoms with van der Waals surface area (Å²) < 4.78 is 0. The predicted octanol–water partition coefficient (Wildman–Crippen LogP) is 1.92. The minimum atomic E-state index is 0.113. The lowest BCUT2D eigenvalue weighted by atomic mass is 9.93. The normalized spacial score (nSPS) is 26.9. The molecule has 0 aromatic rings. The third-order valence-electron chi connectivity index (χ3n) is 4.00. The van der Waals surface area contributed by atoms with Crippen LogP contribution in [0.2, 0.25) is 0 Å². The lowest BCUT2D eigenvalue weighted by molar-refractivity contribution is -0.135. The van der Waals surface area contributed by atoms with E-state index in [1.807, 2.05) is 0 Å². The van der Waals surface area contributed by atoms with Crippen LogP contribution in [-0.4, -0.2) is 36.0 Å². The van der Waals surface area contributed by atoms with E-state index in [-0.39, 0.29) is 6.04 Å². The second-order valence-electron chi connectivity index (χ2n) is 5.07. The van der Waals surface area contributed by atoms with E-state index in [4.69, 9.17) is 0 Å². The number of nitrogens with one attached hydrogen (secondary N) is 1. The zero-order chi connectivity index (χ0) is 11.4. The Hall–Kier alpha value is -0.570. The molecule has 0 radical (unpaired) electrons. The first-order valence-electron chi connectivity index (χ1n) is 6.86. The number of rotatable bonds is 3. The Labute approximate surface area is 98.6 Å². The van der Waals surface area contributed by atoms with Crippen LogP contribution in [0.1, 0.15) is 51.9 Å². The van der Waals surface area contributed by atoms with Crippen LogP contribution in [0.5, 0.6) is 0 Å². The molecule has 3 heteroatoms. The van der Waals surface area contributed by atoms with Gasteiger partial charge in [-0.3, -0.25) is 4.79 Å². The summed E-state index contributed by atoms with van der Waals surface area (Å²) in [5.41, 5.74) is 0. The van der Waals surface area contributed by atoms with Crippen molar-refractivity contribution in [1.29, 1.82) is 0 Å². The topological polar surface area (TPSA) is 32.3 Å². The van der Waals surface area contributed by atoms with Gasteiger partial charge in [0.05, 0.1) is 6.04 Å². The molecule has 1 atom stereocenters. The second kappa shape index (κ2) is 5.67. The van der Waals surface area contributed by atoms with Gasteiger partial charge in [0, 0.05) is 12.6 Å². The van der Waals surface area contributed by atoms with Crippen molar-refractivity contribution in [2.24, 2.45) is 0 Å². The molecule has 1 saturated carbocycles. The first-order valence-corrected chi connectivity index (χ1v) is 6.86. The third kappa shape index (κ3) is 2.57. The van der Waals surface area contributed by atoms with E-state index < -0.39 is 0 Å². The molecule has 0 bridgehead atoms. The highest BCUT2D eigenvalue weighted by molar-refractivity contribution is 5.82. The summed E-state index contributed by atoms with van der Waals surface area (Å²) in [6.07, 6.45) is 8.56. The summed E-state index contributed by atoms with van der Waals surface area (Å²) in [4.78, 5) is 14.5. The summed E-state index contributed by atoms with van der Waals surface area (Å²) in [6, 6.07) is 0.635. The summed E-state index contributed by atoms with van der Waals surface area (Å²) in [7, 11) is 0. The van der Waals surface area contributed by atoms with Crippen LogP contribution in [0.25, 0.3) is 0 Å². The van der Waals surface area contributed by atoms with E-state index in [1.165, 1.54) is 32.1 Å². The fourth-order valence-electron chi connectivity index (χ4n) is 3.08. The number of carbonyl (C=O) groups is 1. The summed E-state index contributed by atoms with van der Waals surface area (Å²) in [5, 5.41) is 3.32. The molecule has 92 valence electrons. The van der Waals surface area contributed by atoms with Crippen LogP contribution >= 0.6 is 0 Å². The molecule has 1 amide bonds. The van der Waals surface area contributed by atoms with Crippen LogP contribution in [0.4, 0.5) is 0 Å². The highest BCUT2D eigenvalue weighted by Crippen LogP contribution is 2.23. The van der Waals surface area contributed by atoms with E-state index in [1.54, 1.807) is 0 Å². The third-order valence-corrected chi connectivity index (χ3v) is 4.00. The van der Waals surface area contributed by atoms with Gasteiger partial charge in [-0.1, -0.05) is 19.3 Å². The Balaban J connectivity index is 1.94. The number of amides is 1. The molecule has 1 unspecified atom stereocenters. The summed E-state index contributed by atoms with van der Waals surface area (Å²) in [6.45, 7) is 4.00. The molecule has 3 nitrogen and oxygen atoms in total. The van der Waals surface area contributed by atoms with Crippen LogP contribution in [0.3, 0.4) is 0 Å². The van der Waals surface area contributed by atoms with Gasteiger partial charge in [0.2, 0.25) is 5.91 Å². The Bertz CT molecular complexity index is 230. The minimum Gasteiger partial charge on any atom is -0.339 e. The van der Waals surface area contributed by atoms with E-state index in [0.717, 1.165) is 25.9 Å². The van der Waals surface area contributed by atoms with Crippen LogP contribution in [0.15, 0.2) is 0 Å². The van der Waals surface area contributed by atoms with Gasteiger partial charge in [0.1, 0.15) is 0 Å². The quantitative estimate of drug-likeness (QED) is 0.794. The molecule has 0 aromatic heterocycles. The van der Waals surface area contributed by atoms with Gasteiger partial charge in [-0.15, -0.1) is 0 Å². The monoisotopic (exact) mass is 224 g/mol. The van der Waals surface area contributed by atoms with Crippen molar-refractivity contribution in [3.05, 3.63) is 0 Å². The number of hydrogen-bond acceptors (Lipinski definition) is 2. The maximum absolute atomic E-state index is 12.3. The van der Waals surface area contributed by atoms with Crippen molar-refractivity contribution in [3.63, 3.8) is 0 Å². The Morgan fingerprint density at radius 1 is 1.19 bits per heavy atom. The van der Waals surface area contributed by atoms with E-state index in [2.05, 4.69) is 17.1 Å². The molecule has 1 heterocycles. The lowest BCUT2D eigenvalue weighted by Gasteiger charge is -2.35. The highest BCUT2D eigenvalue weighted by atomic mass is 16.2. The van der Waals surface area contributed by atoms with Crippen molar-refractivity contribution in [1.82, 2.24) is 10.2 Å². The molecule has 1 saturated heterocycles. The highest BCUT2D eigenvalue weighted by Gasteiger charge is 2.30. The number of nitrogens with zero attached hydrogens (tertiary/aromatic N) is 1. The first-order chi connectivity index (χ1) is 7.83. The number of carbonyl (C=O) groups excluding carboxylic acids is 1. The summed E-state index contributed by atoms with van der Waals surface area (Å²) in [5.74, 6) is 0.354. The van der Waals surface area contributed by atoms with E-state index >= 15 is 0 Å². The maximum Gasteiger partial charge on any atom is 0.239 e.